The molecule has 0 fully saturated rings. The summed E-state index contributed by atoms with van der Waals surface area (Å²) in [4.78, 5) is 4.22. The zero-order valence-electron chi connectivity index (χ0n) is 10.6. The first-order valence-electron chi connectivity index (χ1n) is 5.73. The normalized spacial score (nSPS) is 15.6. The lowest BCUT2D eigenvalue weighted by molar-refractivity contribution is 0.274. The Labute approximate surface area is 109 Å². The second-order valence-corrected chi connectivity index (χ2v) is 10.3. The Kier molecular flexibility index (Phi) is 9.71. The van der Waals surface area contributed by atoms with Crippen LogP contribution in [-0.4, -0.2) is 24.7 Å². The highest BCUT2D eigenvalue weighted by Gasteiger charge is 2.18. The predicted octanol–water partition coefficient (Wildman–Crippen LogP) is 3.81. The second kappa shape index (κ2) is 9.46. The lowest BCUT2D eigenvalue weighted by Crippen LogP contribution is -2.12. The van der Waals surface area contributed by atoms with E-state index < -0.39 is 5.62 Å². The molecule has 1 atom stereocenters. The number of aliphatic imine (C=N–C) groups is 1. The molecule has 1 N–H and O–H groups in total. The number of nitrogens with one attached hydrogen (secondary N) is 1. The quantitative estimate of drug-likeness (QED) is 0.396. The molecule has 0 amide bonds. The average molecular weight is 282 g/mol. The fourth-order valence-corrected chi connectivity index (χ4v) is 5.95. The molecule has 0 aliphatic carbocycles. The van der Waals surface area contributed by atoms with Gasteiger partial charge in [0, 0.05) is 12.3 Å². The summed E-state index contributed by atoms with van der Waals surface area (Å²) >= 11 is 7.25. The third-order valence-corrected chi connectivity index (χ3v) is 7.20. The van der Waals surface area contributed by atoms with Gasteiger partial charge in [-0.25, -0.2) is 0 Å². The molecule has 0 aromatic heterocycles. The zero-order chi connectivity index (χ0) is 12.4. The Balaban J connectivity index is 4.23. The molecular weight excluding hydrogens is 259 g/mol. The maximum absolute atomic E-state index is 5.81. The fourth-order valence-electron chi connectivity index (χ4n) is 0.892. The maximum atomic E-state index is 5.81. The highest BCUT2D eigenvalue weighted by atomic mass is 32.9. The fraction of sp³-hybridized carbons (Fsp3) is 0.900. The SMILES string of the molecule is CCCN=CNP(=S)(OC(C)C)SCCC. The number of hydrogen-bond acceptors (Lipinski definition) is 4. The summed E-state index contributed by atoms with van der Waals surface area (Å²) in [6, 6.07) is 0. The van der Waals surface area contributed by atoms with Gasteiger partial charge in [0.2, 0.25) is 5.62 Å². The van der Waals surface area contributed by atoms with Crippen molar-refractivity contribution in [3.8, 4) is 0 Å². The standard InChI is InChI=1S/C10H23N2OPS2/c1-5-7-11-9-12-14(15,13-10(3)4)16-8-6-2/h9-10H,5-8H2,1-4H3,(H,11,12,15). The largest absolute Gasteiger partial charge is 0.324 e. The van der Waals surface area contributed by atoms with Crippen molar-refractivity contribution in [1.29, 1.82) is 0 Å². The van der Waals surface area contributed by atoms with Gasteiger partial charge in [-0.1, -0.05) is 25.2 Å². The minimum absolute atomic E-state index is 0.155. The van der Waals surface area contributed by atoms with E-state index in [1.807, 2.05) is 13.8 Å². The first-order valence-corrected chi connectivity index (χ1v) is 10.0. The molecule has 6 heteroatoms. The van der Waals surface area contributed by atoms with Crippen LogP contribution in [0.2, 0.25) is 0 Å². The molecule has 0 bridgehead atoms. The van der Waals surface area contributed by atoms with Crippen LogP contribution in [0.1, 0.15) is 40.5 Å². The van der Waals surface area contributed by atoms with E-state index in [0.29, 0.717) is 0 Å². The van der Waals surface area contributed by atoms with Gasteiger partial charge < -0.3 is 9.61 Å². The van der Waals surface area contributed by atoms with Gasteiger partial charge >= 0.3 is 0 Å². The topological polar surface area (TPSA) is 33.6 Å². The van der Waals surface area contributed by atoms with Crippen molar-refractivity contribution in [2.45, 2.75) is 46.6 Å². The Morgan fingerprint density at radius 3 is 2.62 bits per heavy atom. The van der Waals surface area contributed by atoms with Gasteiger partial charge in [0.25, 0.3) is 0 Å². The number of rotatable bonds is 9. The van der Waals surface area contributed by atoms with Crippen LogP contribution >= 0.6 is 17.0 Å². The predicted molar refractivity (Wildman–Crippen MR) is 80.0 cm³/mol. The van der Waals surface area contributed by atoms with E-state index in [1.165, 1.54) is 0 Å². The third-order valence-electron chi connectivity index (χ3n) is 1.47. The van der Waals surface area contributed by atoms with E-state index in [-0.39, 0.29) is 6.10 Å². The second-order valence-electron chi connectivity index (χ2n) is 3.65. The Morgan fingerprint density at radius 2 is 2.12 bits per heavy atom. The molecule has 0 aliphatic rings. The minimum atomic E-state index is -1.98. The van der Waals surface area contributed by atoms with Gasteiger partial charge in [0.1, 0.15) is 0 Å². The molecule has 3 nitrogen and oxygen atoms in total. The van der Waals surface area contributed by atoms with Crippen molar-refractivity contribution < 1.29 is 4.52 Å². The van der Waals surface area contributed by atoms with Crippen molar-refractivity contribution in [3.63, 3.8) is 0 Å². The van der Waals surface area contributed by atoms with Crippen molar-refractivity contribution >= 4 is 35.1 Å². The van der Waals surface area contributed by atoms with Crippen molar-refractivity contribution in [2.75, 3.05) is 12.3 Å². The molecule has 0 radical (unpaired) electrons. The number of hydrogen-bond donors (Lipinski definition) is 1. The van der Waals surface area contributed by atoms with Crippen LogP contribution in [0.5, 0.6) is 0 Å². The molecule has 0 saturated carbocycles. The summed E-state index contributed by atoms with van der Waals surface area (Å²) in [7, 11) is 0. The number of nitrogens with zero attached hydrogens (tertiary/aromatic N) is 1. The van der Waals surface area contributed by atoms with Crippen LogP contribution in [0.4, 0.5) is 0 Å². The van der Waals surface area contributed by atoms with E-state index in [9.17, 15) is 0 Å². The Hall–Kier alpha value is 0.430. The smallest absolute Gasteiger partial charge is 0.211 e. The molecule has 0 saturated heterocycles. The molecule has 0 aromatic rings. The molecule has 1 unspecified atom stereocenters. The Bertz CT molecular complexity index is 247. The first kappa shape index (κ1) is 16.4. The van der Waals surface area contributed by atoms with E-state index >= 15 is 0 Å². The van der Waals surface area contributed by atoms with Crippen LogP contribution in [0.15, 0.2) is 4.99 Å². The molecule has 0 heterocycles. The molecule has 0 rings (SSSR count). The van der Waals surface area contributed by atoms with Crippen LogP contribution < -0.4 is 5.09 Å². The summed E-state index contributed by atoms with van der Waals surface area (Å²) in [5.41, 5.74) is -1.98. The van der Waals surface area contributed by atoms with Gasteiger partial charge in [-0.3, -0.25) is 4.99 Å². The first-order chi connectivity index (χ1) is 7.54. The van der Waals surface area contributed by atoms with Crippen molar-refractivity contribution in [3.05, 3.63) is 0 Å². The summed E-state index contributed by atoms with van der Waals surface area (Å²) < 4.78 is 5.81. The van der Waals surface area contributed by atoms with Crippen molar-refractivity contribution in [2.24, 2.45) is 4.99 Å². The van der Waals surface area contributed by atoms with Gasteiger partial charge in [0.05, 0.1) is 12.4 Å². The summed E-state index contributed by atoms with van der Waals surface area (Å²) in [6.45, 7) is 9.11. The van der Waals surface area contributed by atoms with Gasteiger partial charge in [-0.2, -0.15) is 0 Å². The molecule has 0 spiro atoms. The summed E-state index contributed by atoms with van der Waals surface area (Å²) in [6.07, 6.45) is 4.03. The lowest BCUT2D eigenvalue weighted by Gasteiger charge is -2.23. The monoisotopic (exact) mass is 282 g/mol. The third kappa shape index (κ3) is 8.57. The summed E-state index contributed by atoms with van der Waals surface area (Å²) in [5.74, 6) is 1.03. The maximum Gasteiger partial charge on any atom is 0.211 e. The molecule has 0 aromatic carbocycles. The van der Waals surface area contributed by atoms with Gasteiger partial charge in [-0.05, 0) is 38.5 Å². The Morgan fingerprint density at radius 1 is 1.44 bits per heavy atom. The van der Waals surface area contributed by atoms with Gasteiger partial charge in [-0.15, -0.1) is 0 Å². The highest BCUT2D eigenvalue weighted by Crippen LogP contribution is 2.56. The van der Waals surface area contributed by atoms with Crippen LogP contribution in [0.25, 0.3) is 0 Å². The summed E-state index contributed by atoms with van der Waals surface area (Å²) in [5, 5.41) is 3.17. The van der Waals surface area contributed by atoms with E-state index in [2.05, 4.69) is 23.9 Å². The van der Waals surface area contributed by atoms with Crippen LogP contribution in [0, 0.1) is 0 Å². The molecular formula is C10H23N2OPS2. The molecule has 16 heavy (non-hydrogen) atoms. The van der Waals surface area contributed by atoms with Crippen LogP contribution in [0.3, 0.4) is 0 Å². The van der Waals surface area contributed by atoms with Crippen molar-refractivity contribution in [1.82, 2.24) is 5.09 Å². The van der Waals surface area contributed by atoms with E-state index in [4.69, 9.17) is 16.3 Å². The van der Waals surface area contributed by atoms with Gasteiger partial charge in [0.15, 0.2) is 0 Å². The molecule has 0 aliphatic heterocycles. The highest BCUT2D eigenvalue weighted by molar-refractivity contribution is 8.68. The minimum Gasteiger partial charge on any atom is -0.324 e. The van der Waals surface area contributed by atoms with Crippen LogP contribution in [-0.2, 0) is 16.3 Å². The zero-order valence-corrected chi connectivity index (χ0v) is 13.1. The van der Waals surface area contributed by atoms with E-state index in [1.54, 1.807) is 17.7 Å². The van der Waals surface area contributed by atoms with E-state index in [0.717, 1.165) is 25.1 Å². The average Bonchev–Trinajstić information content (AvgIpc) is 2.21. The molecule has 96 valence electrons. The lowest BCUT2D eigenvalue weighted by atomic mass is 10.5.